The topological polar surface area (TPSA) is 21.3 Å². The highest BCUT2D eigenvalue weighted by Crippen LogP contribution is 2.19. The molecule has 1 unspecified atom stereocenters. The lowest BCUT2D eigenvalue weighted by Gasteiger charge is -2.09. The van der Waals surface area contributed by atoms with Crippen molar-refractivity contribution in [2.45, 2.75) is 71.4 Å². The summed E-state index contributed by atoms with van der Waals surface area (Å²) in [5.74, 6) is 0. The zero-order valence-electron chi connectivity index (χ0n) is 11.8. The lowest BCUT2D eigenvalue weighted by atomic mass is 10.0. The summed E-state index contributed by atoms with van der Waals surface area (Å²) >= 11 is 0. The summed E-state index contributed by atoms with van der Waals surface area (Å²) in [7, 11) is 0. The van der Waals surface area contributed by atoms with Gasteiger partial charge in [-0.15, -0.1) is 0 Å². The average molecular weight is 239 g/mol. The van der Waals surface area contributed by atoms with Gasteiger partial charge in [0.05, 0.1) is 6.10 Å². The molecule has 0 aliphatic carbocycles. The number of allylic oxidation sites excluding steroid dienone is 1. The fraction of sp³-hybridized carbons (Fsp3) is 0.867. The van der Waals surface area contributed by atoms with E-state index in [0.717, 1.165) is 19.6 Å². The summed E-state index contributed by atoms with van der Waals surface area (Å²) in [6.07, 6.45) is 10.4. The molecule has 1 N–H and O–H groups in total. The van der Waals surface area contributed by atoms with Crippen LogP contribution in [0.5, 0.6) is 0 Å². The SMILES string of the molecule is CC(=CCCNC(C)C)CCCC1CCCO1. The zero-order valence-corrected chi connectivity index (χ0v) is 11.8. The van der Waals surface area contributed by atoms with E-state index in [2.05, 4.69) is 32.2 Å². The molecule has 0 bridgehead atoms. The number of ether oxygens (including phenoxy) is 1. The maximum atomic E-state index is 5.63. The molecule has 2 nitrogen and oxygen atoms in total. The smallest absolute Gasteiger partial charge is 0.0576 e. The normalized spacial score (nSPS) is 21.4. The van der Waals surface area contributed by atoms with Crippen LogP contribution in [0.2, 0.25) is 0 Å². The van der Waals surface area contributed by atoms with E-state index in [-0.39, 0.29) is 0 Å². The fourth-order valence-corrected chi connectivity index (χ4v) is 2.27. The quantitative estimate of drug-likeness (QED) is 0.515. The molecule has 1 aliphatic rings. The van der Waals surface area contributed by atoms with Gasteiger partial charge in [0.25, 0.3) is 0 Å². The van der Waals surface area contributed by atoms with Crippen LogP contribution in [0.25, 0.3) is 0 Å². The van der Waals surface area contributed by atoms with Crippen LogP contribution in [0.15, 0.2) is 11.6 Å². The lowest BCUT2D eigenvalue weighted by molar-refractivity contribution is 0.102. The molecule has 0 spiro atoms. The molecule has 0 aromatic carbocycles. The highest BCUT2D eigenvalue weighted by molar-refractivity contribution is 4.98. The molecule has 1 heterocycles. The second kappa shape index (κ2) is 8.71. The van der Waals surface area contributed by atoms with Gasteiger partial charge < -0.3 is 10.1 Å². The van der Waals surface area contributed by atoms with Gasteiger partial charge in [0.2, 0.25) is 0 Å². The highest BCUT2D eigenvalue weighted by atomic mass is 16.5. The second-order valence-electron chi connectivity index (χ2n) is 5.48. The Bertz CT molecular complexity index is 217. The average Bonchev–Trinajstić information content (AvgIpc) is 2.77. The molecule has 1 rings (SSSR count). The highest BCUT2D eigenvalue weighted by Gasteiger charge is 2.14. The third kappa shape index (κ3) is 7.56. The van der Waals surface area contributed by atoms with Gasteiger partial charge in [0, 0.05) is 12.6 Å². The summed E-state index contributed by atoms with van der Waals surface area (Å²) in [5, 5.41) is 3.44. The molecule has 0 aromatic heterocycles. The fourth-order valence-electron chi connectivity index (χ4n) is 2.27. The van der Waals surface area contributed by atoms with Gasteiger partial charge in [-0.25, -0.2) is 0 Å². The van der Waals surface area contributed by atoms with Gasteiger partial charge in [0.15, 0.2) is 0 Å². The van der Waals surface area contributed by atoms with E-state index in [1.807, 2.05) is 0 Å². The van der Waals surface area contributed by atoms with E-state index >= 15 is 0 Å². The van der Waals surface area contributed by atoms with Crippen LogP contribution in [-0.4, -0.2) is 25.3 Å². The molecule has 0 saturated carbocycles. The molecule has 0 amide bonds. The van der Waals surface area contributed by atoms with Crippen molar-refractivity contribution in [3.8, 4) is 0 Å². The predicted octanol–water partition coefficient (Wildman–Crippen LogP) is 3.67. The van der Waals surface area contributed by atoms with Gasteiger partial charge in [-0.2, -0.15) is 0 Å². The van der Waals surface area contributed by atoms with Gasteiger partial charge in [0.1, 0.15) is 0 Å². The molecular weight excluding hydrogens is 210 g/mol. The van der Waals surface area contributed by atoms with Gasteiger partial charge in [-0.1, -0.05) is 25.5 Å². The molecule has 1 fully saturated rings. The third-order valence-corrected chi connectivity index (χ3v) is 3.31. The summed E-state index contributed by atoms with van der Waals surface area (Å²) in [6.45, 7) is 8.72. The molecule has 100 valence electrons. The molecule has 1 aliphatic heterocycles. The number of rotatable bonds is 8. The minimum atomic E-state index is 0.561. The van der Waals surface area contributed by atoms with E-state index in [1.54, 1.807) is 0 Å². The summed E-state index contributed by atoms with van der Waals surface area (Å²) in [5.41, 5.74) is 1.54. The van der Waals surface area contributed by atoms with Crippen molar-refractivity contribution in [1.29, 1.82) is 0 Å². The molecule has 1 atom stereocenters. The Labute approximate surface area is 107 Å². The van der Waals surface area contributed by atoms with Crippen LogP contribution in [0, 0.1) is 0 Å². The van der Waals surface area contributed by atoms with E-state index in [0.29, 0.717) is 12.1 Å². The molecule has 17 heavy (non-hydrogen) atoms. The van der Waals surface area contributed by atoms with Crippen LogP contribution in [0.3, 0.4) is 0 Å². The van der Waals surface area contributed by atoms with Crippen molar-refractivity contribution in [2.75, 3.05) is 13.2 Å². The Balaban J connectivity index is 1.99. The van der Waals surface area contributed by atoms with Crippen LogP contribution >= 0.6 is 0 Å². The van der Waals surface area contributed by atoms with E-state index in [1.165, 1.54) is 37.7 Å². The molecule has 2 heteroatoms. The van der Waals surface area contributed by atoms with E-state index < -0.39 is 0 Å². The first-order valence-corrected chi connectivity index (χ1v) is 7.19. The van der Waals surface area contributed by atoms with Crippen LogP contribution in [0.4, 0.5) is 0 Å². The monoisotopic (exact) mass is 239 g/mol. The first kappa shape index (κ1) is 14.7. The second-order valence-corrected chi connectivity index (χ2v) is 5.48. The number of hydrogen-bond acceptors (Lipinski definition) is 2. The standard InChI is InChI=1S/C15H29NO/c1-13(2)16-11-5-8-14(3)7-4-9-15-10-6-12-17-15/h8,13,15-16H,4-7,9-12H2,1-3H3. The molecule has 0 radical (unpaired) electrons. The van der Waals surface area contributed by atoms with Gasteiger partial charge >= 0.3 is 0 Å². The van der Waals surface area contributed by atoms with Crippen LogP contribution in [0.1, 0.15) is 59.3 Å². The zero-order chi connectivity index (χ0) is 12.5. The number of nitrogens with one attached hydrogen (secondary N) is 1. The Morgan fingerprint density at radius 3 is 2.94 bits per heavy atom. The predicted molar refractivity (Wildman–Crippen MR) is 74.3 cm³/mol. The minimum Gasteiger partial charge on any atom is -0.378 e. The summed E-state index contributed by atoms with van der Waals surface area (Å²) in [4.78, 5) is 0. The van der Waals surface area contributed by atoms with Crippen LogP contribution < -0.4 is 5.32 Å². The lowest BCUT2D eigenvalue weighted by Crippen LogP contribution is -2.23. The first-order chi connectivity index (χ1) is 8.18. The third-order valence-electron chi connectivity index (χ3n) is 3.31. The Morgan fingerprint density at radius 1 is 1.47 bits per heavy atom. The van der Waals surface area contributed by atoms with Gasteiger partial charge in [-0.3, -0.25) is 0 Å². The number of hydrogen-bond donors (Lipinski definition) is 1. The van der Waals surface area contributed by atoms with Gasteiger partial charge in [-0.05, 0) is 52.0 Å². The van der Waals surface area contributed by atoms with Crippen molar-refractivity contribution >= 4 is 0 Å². The maximum Gasteiger partial charge on any atom is 0.0576 e. The summed E-state index contributed by atoms with van der Waals surface area (Å²) < 4.78 is 5.63. The van der Waals surface area contributed by atoms with E-state index in [9.17, 15) is 0 Å². The largest absolute Gasteiger partial charge is 0.378 e. The van der Waals surface area contributed by atoms with E-state index in [4.69, 9.17) is 4.74 Å². The Hall–Kier alpha value is -0.340. The maximum absolute atomic E-state index is 5.63. The van der Waals surface area contributed by atoms with Crippen molar-refractivity contribution in [3.05, 3.63) is 11.6 Å². The van der Waals surface area contributed by atoms with Crippen molar-refractivity contribution in [2.24, 2.45) is 0 Å². The first-order valence-electron chi connectivity index (χ1n) is 7.19. The van der Waals surface area contributed by atoms with Crippen molar-refractivity contribution < 1.29 is 4.74 Å². The molecule has 0 aromatic rings. The minimum absolute atomic E-state index is 0.561. The molecular formula is C15H29NO. The van der Waals surface area contributed by atoms with Crippen LogP contribution in [-0.2, 0) is 4.74 Å². The Kier molecular flexibility index (Phi) is 7.54. The van der Waals surface area contributed by atoms with Crippen molar-refractivity contribution in [1.82, 2.24) is 5.32 Å². The Morgan fingerprint density at radius 2 is 2.29 bits per heavy atom. The summed E-state index contributed by atoms with van der Waals surface area (Å²) in [6, 6.07) is 0.600. The van der Waals surface area contributed by atoms with Crippen molar-refractivity contribution in [3.63, 3.8) is 0 Å². The molecule has 1 saturated heterocycles.